The highest BCUT2D eigenvalue weighted by Gasteiger charge is 2.20. The van der Waals surface area contributed by atoms with E-state index in [-0.39, 0.29) is 6.42 Å². The van der Waals surface area contributed by atoms with Gasteiger partial charge < -0.3 is 5.11 Å². The van der Waals surface area contributed by atoms with Gasteiger partial charge in [-0.15, -0.1) is 0 Å². The number of hydrogen-bond donors (Lipinski definition) is 1. The molecule has 1 aliphatic rings. The Balaban J connectivity index is 1.82. The molecule has 1 aromatic carbocycles. The van der Waals surface area contributed by atoms with Gasteiger partial charge in [-0.25, -0.2) is 4.98 Å². The highest BCUT2D eigenvalue weighted by atomic mass is 16.4. The smallest absolute Gasteiger partial charge is 0.307 e. The van der Waals surface area contributed by atoms with Gasteiger partial charge in [-0.1, -0.05) is 36.4 Å². The molecule has 4 rings (SSSR count). The van der Waals surface area contributed by atoms with Gasteiger partial charge in [0.1, 0.15) is 5.82 Å². The van der Waals surface area contributed by atoms with Gasteiger partial charge in [0.05, 0.1) is 12.1 Å². The van der Waals surface area contributed by atoms with Crippen molar-refractivity contribution in [2.45, 2.75) is 32.1 Å². The lowest BCUT2D eigenvalue weighted by molar-refractivity contribution is -0.136. The van der Waals surface area contributed by atoms with Crippen molar-refractivity contribution in [1.29, 1.82) is 0 Å². The van der Waals surface area contributed by atoms with E-state index in [0.29, 0.717) is 0 Å². The molecular formula is C21H20N2O2. The van der Waals surface area contributed by atoms with E-state index in [1.54, 1.807) is 6.20 Å². The minimum atomic E-state index is -0.835. The van der Waals surface area contributed by atoms with Crippen molar-refractivity contribution in [2.24, 2.45) is 0 Å². The fourth-order valence-electron chi connectivity index (χ4n) is 3.61. The first-order valence-electron chi connectivity index (χ1n) is 8.68. The van der Waals surface area contributed by atoms with Gasteiger partial charge in [-0.05, 0) is 54.5 Å². The van der Waals surface area contributed by atoms with Crippen LogP contribution in [0.4, 0.5) is 0 Å². The first-order valence-corrected chi connectivity index (χ1v) is 8.68. The molecule has 1 N–H and O–H groups in total. The number of aliphatic carboxylic acids is 1. The Morgan fingerprint density at radius 2 is 1.88 bits per heavy atom. The maximum Gasteiger partial charge on any atom is 0.307 e. The van der Waals surface area contributed by atoms with Crippen molar-refractivity contribution >= 4 is 5.97 Å². The highest BCUT2D eigenvalue weighted by Crippen LogP contribution is 2.33. The number of nitrogens with zero attached hydrogens (tertiary/aromatic N) is 2. The second-order valence-electron chi connectivity index (χ2n) is 6.51. The third-order valence-electron chi connectivity index (χ3n) is 4.77. The monoisotopic (exact) mass is 332 g/mol. The number of aromatic nitrogens is 2. The molecule has 0 saturated carbocycles. The lowest BCUT2D eigenvalue weighted by atomic mass is 9.98. The Hall–Kier alpha value is -2.88. The standard InChI is InChI=1S/C21H20N2O2/c24-21(25)12-15-10-11-20(22-14-15)23-18-9-5-4-8-17(18)13-19(23)16-6-2-1-3-7-16/h1-3,6-7,10-11,13-14H,4-5,8-9,12H2,(H,24,25). The summed E-state index contributed by atoms with van der Waals surface area (Å²) in [6.45, 7) is 0. The molecule has 4 heteroatoms. The van der Waals surface area contributed by atoms with Crippen molar-refractivity contribution in [3.63, 3.8) is 0 Å². The highest BCUT2D eigenvalue weighted by molar-refractivity contribution is 5.70. The van der Waals surface area contributed by atoms with Crippen molar-refractivity contribution in [3.05, 3.63) is 71.5 Å². The predicted molar refractivity (Wildman–Crippen MR) is 97.0 cm³/mol. The Labute approximate surface area is 146 Å². The van der Waals surface area contributed by atoms with Crippen LogP contribution in [0.1, 0.15) is 29.7 Å². The van der Waals surface area contributed by atoms with Crippen LogP contribution in [0, 0.1) is 0 Å². The summed E-state index contributed by atoms with van der Waals surface area (Å²) < 4.78 is 2.24. The molecule has 0 saturated heterocycles. The van der Waals surface area contributed by atoms with Crippen molar-refractivity contribution < 1.29 is 9.90 Å². The van der Waals surface area contributed by atoms with Crippen molar-refractivity contribution in [2.75, 3.05) is 0 Å². The number of carboxylic acid groups (broad SMARTS) is 1. The molecular weight excluding hydrogens is 312 g/mol. The molecule has 0 unspecified atom stereocenters. The average Bonchev–Trinajstić information content (AvgIpc) is 3.02. The zero-order valence-corrected chi connectivity index (χ0v) is 14.0. The van der Waals surface area contributed by atoms with Crippen molar-refractivity contribution in [3.8, 4) is 17.1 Å². The van der Waals surface area contributed by atoms with Gasteiger partial charge in [0.15, 0.2) is 0 Å². The van der Waals surface area contributed by atoms with Crippen LogP contribution in [-0.4, -0.2) is 20.6 Å². The molecule has 1 aliphatic carbocycles. The van der Waals surface area contributed by atoms with Crippen LogP contribution in [0.25, 0.3) is 17.1 Å². The van der Waals surface area contributed by atoms with Gasteiger partial charge in [-0.3, -0.25) is 9.36 Å². The zero-order chi connectivity index (χ0) is 17.2. The number of rotatable bonds is 4. The van der Waals surface area contributed by atoms with Gasteiger partial charge in [0, 0.05) is 11.9 Å². The second-order valence-corrected chi connectivity index (χ2v) is 6.51. The fraction of sp³-hybridized carbons (Fsp3) is 0.238. The van der Waals surface area contributed by atoms with Crippen LogP contribution in [-0.2, 0) is 24.1 Å². The van der Waals surface area contributed by atoms with E-state index in [1.807, 2.05) is 18.2 Å². The molecule has 25 heavy (non-hydrogen) atoms. The number of pyridine rings is 1. The van der Waals surface area contributed by atoms with Crippen LogP contribution >= 0.6 is 0 Å². The first-order chi connectivity index (χ1) is 12.2. The summed E-state index contributed by atoms with van der Waals surface area (Å²) in [4.78, 5) is 15.4. The zero-order valence-electron chi connectivity index (χ0n) is 14.0. The van der Waals surface area contributed by atoms with E-state index in [9.17, 15) is 4.79 Å². The van der Waals surface area contributed by atoms with Crippen LogP contribution < -0.4 is 0 Å². The summed E-state index contributed by atoms with van der Waals surface area (Å²) in [5, 5.41) is 8.94. The maximum atomic E-state index is 10.9. The van der Waals surface area contributed by atoms with Gasteiger partial charge in [0.25, 0.3) is 0 Å². The van der Waals surface area contributed by atoms with E-state index in [4.69, 9.17) is 5.11 Å². The largest absolute Gasteiger partial charge is 0.481 e. The number of aryl methyl sites for hydroxylation is 1. The number of hydrogen-bond acceptors (Lipinski definition) is 2. The number of fused-ring (bicyclic) bond motifs is 1. The second kappa shape index (κ2) is 6.55. The minimum absolute atomic E-state index is 0.00259. The Kier molecular flexibility index (Phi) is 4.10. The summed E-state index contributed by atoms with van der Waals surface area (Å²) >= 11 is 0. The molecule has 3 aromatic rings. The number of carboxylic acids is 1. The third kappa shape index (κ3) is 3.07. The topological polar surface area (TPSA) is 55.1 Å². The Bertz CT molecular complexity index is 896. The molecule has 4 nitrogen and oxygen atoms in total. The third-order valence-corrected chi connectivity index (χ3v) is 4.77. The van der Waals surface area contributed by atoms with E-state index in [0.717, 1.165) is 29.9 Å². The molecule has 126 valence electrons. The van der Waals surface area contributed by atoms with Gasteiger partial charge in [0.2, 0.25) is 0 Å². The molecule has 0 bridgehead atoms. The van der Waals surface area contributed by atoms with E-state index >= 15 is 0 Å². The Morgan fingerprint density at radius 3 is 2.60 bits per heavy atom. The van der Waals surface area contributed by atoms with Crippen LogP contribution in [0.2, 0.25) is 0 Å². The molecule has 2 heterocycles. The lowest BCUT2D eigenvalue weighted by Crippen LogP contribution is -2.09. The molecule has 0 fully saturated rings. The molecule has 2 aromatic heterocycles. The molecule has 0 radical (unpaired) electrons. The molecule has 0 amide bonds. The summed E-state index contributed by atoms with van der Waals surface area (Å²) in [6.07, 6.45) is 6.27. The summed E-state index contributed by atoms with van der Waals surface area (Å²) in [7, 11) is 0. The van der Waals surface area contributed by atoms with E-state index in [1.165, 1.54) is 29.7 Å². The van der Waals surface area contributed by atoms with Gasteiger partial charge in [-0.2, -0.15) is 0 Å². The average molecular weight is 332 g/mol. The van der Waals surface area contributed by atoms with E-state index in [2.05, 4.69) is 39.9 Å². The van der Waals surface area contributed by atoms with Crippen molar-refractivity contribution in [1.82, 2.24) is 9.55 Å². The normalized spacial score (nSPS) is 13.4. The lowest BCUT2D eigenvalue weighted by Gasteiger charge is -2.17. The number of carbonyl (C=O) groups is 1. The van der Waals surface area contributed by atoms with Gasteiger partial charge >= 0.3 is 5.97 Å². The maximum absolute atomic E-state index is 10.9. The first kappa shape index (κ1) is 15.6. The SMILES string of the molecule is O=C(O)Cc1ccc(-n2c(-c3ccccc3)cc3c2CCCC3)nc1. The molecule has 0 spiro atoms. The summed E-state index contributed by atoms with van der Waals surface area (Å²) in [6, 6.07) is 16.4. The summed E-state index contributed by atoms with van der Waals surface area (Å²) in [5.74, 6) is 0.0222. The fourth-order valence-corrected chi connectivity index (χ4v) is 3.61. The number of benzene rings is 1. The van der Waals surface area contributed by atoms with Crippen LogP contribution in [0.5, 0.6) is 0 Å². The molecule has 0 aliphatic heterocycles. The van der Waals surface area contributed by atoms with E-state index < -0.39 is 5.97 Å². The quantitative estimate of drug-likeness (QED) is 0.784. The predicted octanol–water partition coefficient (Wildman–Crippen LogP) is 4.05. The van der Waals surface area contributed by atoms with Crippen LogP contribution in [0.3, 0.4) is 0 Å². The summed E-state index contributed by atoms with van der Waals surface area (Å²) in [5.41, 5.74) is 5.79. The minimum Gasteiger partial charge on any atom is -0.481 e. The molecule has 0 atom stereocenters. The van der Waals surface area contributed by atoms with Crippen LogP contribution in [0.15, 0.2) is 54.7 Å². The Morgan fingerprint density at radius 1 is 1.08 bits per heavy atom.